The summed E-state index contributed by atoms with van der Waals surface area (Å²) in [4.78, 5) is 10.7. The van der Waals surface area contributed by atoms with Crippen LogP contribution in [-0.4, -0.2) is 31.6 Å². The van der Waals surface area contributed by atoms with Gasteiger partial charge in [-0.25, -0.2) is 0 Å². The number of benzene rings is 1. The molecule has 0 saturated carbocycles. The minimum atomic E-state index is -0.887. The highest BCUT2D eigenvalue weighted by atomic mass is 35.5. The lowest BCUT2D eigenvalue weighted by Crippen LogP contribution is -2.06. The third-order valence-corrected chi connectivity index (χ3v) is 3.71. The third-order valence-electron chi connectivity index (χ3n) is 2.57. The van der Waals surface area contributed by atoms with E-state index in [-0.39, 0.29) is 11.7 Å². The topological polar surface area (TPSA) is 68.0 Å². The number of aliphatic carboxylic acids is 1. The Kier molecular flexibility index (Phi) is 4.67. The van der Waals surface area contributed by atoms with E-state index in [1.165, 1.54) is 0 Å². The molecule has 0 aliphatic carbocycles. The zero-order valence-electron chi connectivity index (χ0n) is 11.1. The van der Waals surface area contributed by atoms with Crippen LogP contribution in [0.15, 0.2) is 29.4 Å². The molecule has 0 bridgehead atoms. The molecular formula is C13H14ClN3O2S. The predicted molar refractivity (Wildman–Crippen MR) is 78.8 cm³/mol. The summed E-state index contributed by atoms with van der Waals surface area (Å²) in [5.74, 6) is -0.000813. The Labute approximate surface area is 126 Å². The molecule has 106 valence electrons. The molecule has 20 heavy (non-hydrogen) atoms. The van der Waals surface area contributed by atoms with Crippen molar-refractivity contribution in [1.29, 1.82) is 0 Å². The Morgan fingerprint density at radius 3 is 2.80 bits per heavy atom. The van der Waals surface area contributed by atoms with Gasteiger partial charge in [0.1, 0.15) is 5.82 Å². The van der Waals surface area contributed by atoms with Crippen LogP contribution in [0.5, 0.6) is 0 Å². The summed E-state index contributed by atoms with van der Waals surface area (Å²) in [5.41, 5.74) is 0.832. The van der Waals surface area contributed by atoms with Gasteiger partial charge in [-0.05, 0) is 18.2 Å². The minimum Gasteiger partial charge on any atom is -0.481 e. The fourth-order valence-electron chi connectivity index (χ4n) is 1.73. The van der Waals surface area contributed by atoms with Crippen LogP contribution in [0.25, 0.3) is 5.69 Å². The first kappa shape index (κ1) is 14.9. The van der Waals surface area contributed by atoms with Gasteiger partial charge in [0.15, 0.2) is 5.16 Å². The van der Waals surface area contributed by atoms with Crippen molar-refractivity contribution < 1.29 is 9.90 Å². The molecule has 1 heterocycles. The number of carbonyl (C=O) groups is 1. The molecule has 2 rings (SSSR count). The molecule has 0 aliphatic rings. The molecule has 0 atom stereocenters. The van der Waals surface area contributed by atoms with Crippen molar-refractivity contribution in [3.63, 3.8) is 0 Å². The Bertz CT molecular complexity index is 628. The summed E-state index contributed by atoms with van der Waals surface area (Å²) in [6.07, 6.45) is 0. The SMILES string of the molecule is CC(C)c1nnc(SCC(=O)O)n1-c1cccc(Cl)c1. The van der Waals surface area contributed by atoms with Crippen LogP contribution in [0.3, 0.4) is 0 Å². The fourth-order valence-corrected chi connectivity index (χ4v) is 2.60. The van der Waals surface area contributed by atoms with Crippen molar-refractivity contribution in [2.45, 2.75) is 24.9 Å². The first-order valence-corrected chi connectivity index (χ1v) is 7.41. The lowest BCUT2D eigenvalue weighted by Gasteiger charge is -2.11. The number of hydrogen-bond donors (Lipinski definition) is 1. The van der Waals surface area contributed by atoms with Gasteiger partial charge in [-0.1, -0.05) is 43.3 Å². The van der Waals surface area contributed by atoms with Gasteiger partial charge in [0, 0.05) is 10.9 Å². The van der Waals surface area contributed by atoms with Crippen molar-refractivity contribution in [2.75, 3.05) is 5.75 Å². The van der Waals surface area contributed by atoms with Crippen molar-refractivity contribution in [2.24, 2.45) is 0 Å². The number of halogens is 1. The molecule has 0 unspecified atom stereocenters. The Balaban J connectivity index is 2.46. The van der Waals surface area contributed by atoms with E-state index in [1.54, 1.807) is 6.07 Å². The maximum atomic E-state index is 10.7. The molecule has 7 heteroatoms. The zero-order chi connectivity index (χ0) is 14.7. The number of carboxylic acids is 1. The number of thioether (sulfide) groups is 1. The van der Waals surface area contributed by atoms with Gasteiger partial charge in [-0.3, -0.25) is 9.36 Å². The number of carboxylic acid groups (broad SMARTS) is 1. The molecule has 5 nitrogen and oxygen atoms in total. The van der Waals surface area contributed by atoms with E-state index in [0.717, 1.165) is 23.3 Å². The zero-order valence-corrected chi connectivity index (χ0v) is 12.6. The minimum absolute atomic E-state index is 0.0587. The van der Waals surface area contributed by atoms with E-state index in [0.29, 0.717) is 10.2 Å². The fraction of sp³-hybridized carbons (Fsp3) is 0.308. The average molecular weight is 312 g/mol. The normalized spacial score (nSPS) is 11.0. The molecule has 0 radical (unpaired) electrons. The molecule has 1 aromatic carbocycles. The maximum absolute atomic E-state index is 10.7. The molecule has 0 saturated heterocycles. The third kappa shape index (κ3) is 3.32. The van der Waals surface area contributed by atoms with E-state index >= 15 is 0 Å². The highest BCUT2D eigenvalue weighted by Crippen LogP contribution is 2.26. The summed E-state index contributed by atoms with van der Waals surface area (Å²) in [5, 5.41) is 18.2. The van der Waals surface area contributed by atoms with E-state index in [9.17, 15) is 4.79 Å². The largest absolute Gasteiger partial charge is 0.481 e. The average Bonchev–Trinajstić information content (AvgIpc) is 2.80. The van der Waals surface area contributed by atoms with E-state index < -0.39 is 5.97 Å². The summed E-state index contributed by atoms with van der Waals surface area (Å²) < 4.78 is 1.85. The Hall–Kier alpha value is -1.53. The molecular weight excluding hydrogens is 298 g/mol. The standard InChI is InChI=1S/C13H14ClN3O2S/c1-8(2)12-15-16-13(20-7-11(18)19)17(12)10-5-3-4-9(14)6-10/h3-6,8H,7H2,1-2H3,(H,18,19). The second-order valence-corrected chi connectivity index (χ2v) is 5.87. The van der Waals surface area contributed by atoms with Crippen LogP contribution in [0.1, 0.15) is 25.6 Å². The molecule has 0 fully saturated rings. The molecule has 1 N–H and O–H groups in total. The van der Waals surface area contributed by atoms with E-state index in [4.69, 9.17) is 16.7 Å². The summed E-state index contributed by atoms with van der Waals surface area (Å²) in [6, 6.07) is 7.33. The van der Waals surface area contributed by atoms with Crippen molar-refractivity contribution >= 4 is 29.3 Å². The Morgan fingerprint density at radius 2 is 2.20 bits per heavy atom. The van der Waals surface area contributed by atoms with Crippen molar-refractivity contribution in [1.82, 2.24) is 14.8 Å². The highest BCUT2D eigenvalue weighted by molar-refractivity contribution is 7.99. The van der Waals surface area contributed by atoms with Gasteiger partial charge < -0.3 is 5.11 Å². The molecule has 1 aromatic heterocycles. The molecule has 0 spiro atoms. The first-order valence-electron chi connectivity index (χ1n) is 6.05. The van der Waals surface area contributed by atoms with Gasteiger partial charge in [-0.15, -0.1) is 10.2 Å². The van der Waals surface area contributed by atoms with Crippen molar-refractivity contribution in [3.8, 4) is 5.69 Å². The Morgan fingerprint density at radius 1 is 1.45 bits per heavy atom. The maximum Gasteiger partial charge on any atom is 0.313 e. The van der Waals surface area contributed by atoms with Crippen LogP contribution in [0.2, 0.25) is 5.02 Å². The van der Waals surface area contributed by atoms with E-state index in [2.05, 4.69) is 10.2 Å². The second-order valence-electron chi connectivity index (χ2n) is 4.49. The lowest BCUT2D eigenvalue weighted by atomic mass is 10.2. The van der Waals surface area contributed by atoms with Crippen LogP contribution in [0.4, 0.5) is 0 Å². The van der Waals surface area contributed by atoms with Crippen LogP contribution < -0.4 is 0 Å². The first-order chi connectivity index (χ1) is 9.49. The van der Waals surface area contributed by atoms with Gasteiger partial charge in [0.2, 0.25) is 0 Å². The molecule has 0 aliphatic heterocycles. The number of rotatable bonds is 5. The van der Waals surface area contributed by atoms with Gasteiger partial charge in [0.05, 0.1) is 11.4 Å². The summed E-state index contributed by atoms with van der Waals surface area (Å²) >= 11 is 7.16. The molecule has 0 amide bonds. The van der Waals surface area contributed by atoms with Crippen LogP contribution in [-0.2, 0) is 4.79 Å². The summed E-state index contributed by atoms with van der Waals surface area (Å²) in [7, 11) is 0. The number of aromatic nitrogens is 3. The van der Waals surface area contributed by atoms with Gasteiger partial charge in [0.25, 0.3) is 0 Å². The van der Waals surface area contributed by atoms with Crippen molar-refractivity contribution in [3.05, 3.63) is 35.1 Å². The number of hydrogen-bond acceptors (Lipinski definition) is 4. The predicted octanol–water partition coefficient (Wildman–Crippen LogP) is 3.22. The quantitative estimate of drug-likeness (QED) is 0.859. The van der Waals surface area contributed by atoms with E-state index in [1.807, 2.05) is 36.6 Å². The van der Waals surface area contributed by atoms with Gasteiger partial charge in [-0.2, -0.15) is 0 Å². The number of nitrogens with zero attached hydrogens (tertiary/aromatic N) is 3. The lowest BCUT2D eigenvalue weighted by molar-refractivity contribution is -0.133. The highest BCUT2D eigenvalue weighted by Gasteiger charge is 2.17. The summed E-state index contributed by atoms with van der Waals surface area (Å²) in [6.45, 7) is 4.02. The second kappa shape index (κ2) is 6.28. The smallest absolute Gasteiger partial charge is 0.313 e. The monoisotopic (exact) mass is 311 g/mol. The van der Waals surface area contributed by atoms with Crippen LogP contribution in [0, 0.1) is 0 Å². The van der Waals surface area contributed by atoms with Crippen LogP contribution >= 0.6 is 23.4 Å². The van der Waals surface area contributed by atoms with Gasteiger partial charge >= 0.3 is 5.97 Å². The molecule has 2 aromatic rings.